The first-order valence-corrected chi connectivity index (χ1v) is 12.4. The van der Waals surface area contributed by atoms with Gasteiger partial charge in [0.15, 0.2) is 17.9 Å². The number of hydrogen-bond donors (Lipinski definition) is 0. The molecule has 0 spiro atoms. The first kappa shape index (κ1) is 31.2. The summed E-state index contributed by atoms with van der Waals surface area (Å²) in [4.78, 5) is 51.2. The highest BCUT2D eigenvalue weighted by molar-refractivity contribution is 5.94. The van der Waals surface area contributed by atoms with E-state index in [2.05, 4.69) is 24.9 Å². The largest absolute Gasteiger partial charge is 0.466 e. The van der Waals surface area contributed by atoms with Crippen molar-refractivity contribution in [3.05, 3.63) is 83.7 Å². The van der Waals surface area contributed by atoms with Gasteiger partial charge in [-0.15, -0.1) is 0 Å². The molecule has 0 amide bonds. The summed E-state index contributed by atoms with van der Waals surface area (Å²) in [6.45, 7) is 9.18. The van der Waals surface area contributed by atoms with Gasteiger partial charge in [-0.2, -0.15) is 10.2 Å². The molecular formula is C28H32N6O6. The van der Waals surface area contributed by atoms with Gasteiger partial charge in [0, 0.05) is 12.4 Å². The van der Waals surface area contributed by atoms with Crippen molar-refractivity contribution in [1.29, 1.82) is 0 Å². The molecule has 0 unspecified atom stereocenters. The van der Waals surface area contributed by atoms with E-state index in [0.29, 0.717) is 30.2 Å². The van der Waals surface area contributed by atoms with E-state index in [9.17, 15) is 19.2 Å². The van der Waals surface area contributed by atoms with Gasteiger partial charge in [0.05, 0.1) is 42.6 Å². The Kier molecular flexibility index (Phi) is 12.5. The van der Waals surface area contributed by atoms with Crippen molar-refractivity contribution < 1.29 is 28.7 Å². The van der Waals surface area contributed by atoms with E-state index in [-0.39, 0.29) is 18.2 Å². The van der Waals surface area contributed by atoms with Crippen LogP contribution in [0, 0.1) is 13.8 Å². The molecule has 12 nitrogen and oxygen atoms in total. The zero-order valence-electron chi connectivity index (χ0n) is 23.1. The standard InChI is InChI=1S/C12H13N3O2.C10H9N3O.C6H10O3/c1-3-17-12(16)10-8-14-15(9(10)2)11-6-4-5-7-13-11;1-8-9(7-14)6-12-13(8)10-4-2-3-5-11-10;1-3-9-6(8)4-5(2)7/h4-8H,3H2,1-2H3;2-7H,1H3;3-4H2,1-2H3. The van der Waals surface area contributed by atoms with Crippen LogP contribution in [0.25, 0.3) is 11.6 Å². The molecular weight excluding hydrogens is 516 g/mol. The van der Waals surface area contributed by atoms with Gasteiger partial charge in [0.2, 0.25) is 0 Å². The molecule has 0 aliphatic carbocycles. The molecule has 0 fully saturated rings. The Labute approximate surface area is 232 Å². The molecule has 0 atom stereocenters. The second-order valence-corrected chi connectivity index (χ2v) is 8.05. The molecule has 0 aliphatic rings. The lowest BCUT2D eigenvalue weighted by Crippen LogP contribution is -2.07. The van der Waals surface area contributed by atoms with E-state index >= 15 is 0 Å². The number of ketones is 1. The molecule has 4 aromatic rings. The fraction of sp³-hybridized carbons (Fsp3) is 0.286. The molecule has 4 rings (SSSR count). The van der Waals surface area contributed by atoms with E-state index in [1.165, 1.54) is 19.3 Å². The average molecular weight is 549 g/mol. The summed E-state index contributed by atoms with van der Waals surface area (Å²) in [6, 6.07) is 11.1. The van der Waals surface area contributed by atoms with Crippen LogP contribution in [0.4, 0.5) is 0 Å². The van der Waals surface area contributed by atoms with E-state index in [1.807, 2.05) is 50.2 Å². The van der Waals surface area contributed by atoms with Gasteiger partial charge in [-0.3, -0.25) is 14.4 Å². The normalized spacial score (nSPS) is 9.82. The van der Waals surface area contributed by atoms with Gasteiger partial charge in [-0.1, -0.05) is 12.1 Å². The zero-order valence-corrected chi connectivity index (χ0v) is 23.1. The number of carbonyl (C=O) groups excluding carboxylic acids is 4. The molecule has 0 saturated carbocycles. The van der Waals surface area contributed by atoms with Crippen LogP contribution in [-0.2, 0) is 19.1 Å². The van der Waals surface area contributed by atoms with Crippen LogP contribution in [0.3, 0.4) is 0 Å². The summed E-state index contributed by atoms with van der Waals surface area (Å²) >= 11 is 0. The van der Waals surface area contributed by atoms with E-state index in [0.717, 1.165) is 23.5 Å². The van der Waals surface area contributed by atoms with Gasteiger partial charge < -0.3 is 9.47 Å². The summed E-state index contributed by atoms with van der Waals surface area (Å²) in [5.41, 5.74) is 2.59. The Morgan fingerprint density at radius 3 is 1.82 bits per heavy atom. The molecule has 0 aromatic carbocycles. The second-order valence-electron chi connectivity index (χ2n) is 8.05. The highest BCUT2D eigenvalue weighted by atomic mass is 16.5. The molecule has 4 heterocycles. The molecule has 210 valence electrons. The van der Waals surface area contributed by atoms with Crippen molar-refractivity contribution in [1.82, 2.24) is 29.5 Å². The fourth-order valence-corrected chi connectivity index (χ4v) is 3.19. The lowest BCUT2D eigenvalue weighted by Gasteiger charge is -2.03. The number of ether oxygens (including phenoxy) is 2. The van der Waals surface area contributed by atoms with Crippen molar-refractivity contribution in [2.45, 2.75) is 41.0 Å². The smallest absolute Gasteiger partial charge is 0.341 e. The minimum atomic E-state index is -0.440. The first-order valence-electron chi connectivity index (χ1n) is 12.4. The van der Waals surface area contributed by atoms with E-state index in [4.69, 9.17) is 4.74 Å². The van der Waals surface area contributed by atoms with E-state index < -0.39 is 5.97 Å². The third-order valence-corrected chi connectivity index (χ3v) is 5.11. The zero-order chi connectivity index (χ0) is 29.5. The highest BCUT2D eigenvalue weighted by Crippen LogP contribution is 2.13. The number of aromatic nitrogens is 6. The van der Waals surface area contributed by atoms with Crippen molar-refractivity contribution in [3.63, 3.8) is 0 Å². The van der Waals surface area contributed by atoms with Crippen molar-refractivity contribution >= 4 is 24.0 Å². The molecule has 0 radical (unpaired) electrons. The lowest BCUT2D eigenvalue weighted by atomic mass is 10.2. The Balaban J connectivity index is 0.000000221. The van der Waals surface area contributed by atoms with Gasteiger partial charge >= 0.3 is 11.9 Å². The number of rotatable bonds is 8. The molecule has 0 bridgehead atoms. The Hall–Kier alpha value is -5.00. The Morgan fingerprint density at radius 1 is 0.825 bits per heavy atom. The molecule has 12 heteroatoms. The maximum atomic E-state index is 11.6. The summed E-state index contributed by atoms with van der Waals surface area (Å²) in [7, 11) is 0. The van der Waals surface area contributed by atoms with Crippen molar-refractivity contribution in [2.75, 3.05) is 13.2 Å². The predicted molar refractivity (Wildman–Crippen MR) is 145 cm³/mol. The lowest BCUT2D eigenvalue weighted by molar-refractivity contribution is -0.145. The number of Topliss-reactive ketones (excluding diaryl/α,β-unsaturated/α-hetero) is 1. The van der Waals surface area contributed by atoms with Crippen molar-refractivity contribution in [2.24, 2.45) is 0 Å². The second kappa shape index (κ2) is 16.1. The van der Waals surface area contributed by atoms with Crippen LogP contribution in [0.2, 0.25) is 0 Å². The number of esters is 2. The third-order valence-electron chi connectivity index (χ3n) is 5.11. The minimum Gasteiger partial charge on any atom is -0.466 e. The quantitative estimate of drug-likeness (QED) is 0.181. The van der Waals surface area contributed by atoms with Gasteiger partial charge in [0.25, 0.3) is 0 Å². The number of carbonyl (C=O) groups is 4. The summed E-state index contributed by atoms with van der Waals surface area (Å²) in [5.74, 6) is 0.448. The van der Waals surface area contributed by atoms with Crippen molar-refractivity contribution in [3.8, 4) is 11.6 Å². The summed E-state index contributed by atoms with van der Waals surface area (Å²) in [5, 5.41) is 8.22. The monoisotopic (exact) mass is 548 g/mol. The Morgan fingerprint density at radius 2 is 1.38 bits per heavy atom. The molecule has 0 aliphatic heterocycles. The molecule has 0 saturated heterocycles. The van der Waals surface area contributed by atoms with Gasteiger partial charge in [0.1, 0.15) is 17.8 Å². The van der Waals surface area contributed by atoms with Gasteiger partial charge in [-0.25, -0.2) is 24.1 Å². The highest BCUT2D eigenvalue weighted by Gasteiger charge is 2.16. The van der Waals surface area contributed by atoms with Crippen LogP contribution in [-0.4, -0.2) is 66.8 Å². The number of pyridine rings is 2. The number of hydrogen-bond acceptors (Lipinski definition) is 10. The summed E-state index contributed by atoms with van der Waals surface area (Å²) < 4.78 is 12.7. The third kappa shape index (κ3) is 9.08. The van der Waals surface area contributed by atoms with E-state index in [1.54, 1.807) is 35.6 Å². The Bertz CT molecular complexity index is 1400. The number of aldehydes is 1. The molecule has 4 aromatic heterocycles. The maximum absolute atomic E-state index is 11.6. The summed E-state index contributed by atoms with van der Waals surface area (Å²) in [6.07, 6.45) is 7.10. The molecule has 0 N–H and O–H groups in total. The van der Waals surface area contributed by atoms with Crippen LogP contribution < -0.4 is 0 Å². The van der Waals surface area contributed by atoms with Crippen LogP contribution in [0.1, 0.15) is 59.3 Å². The van der Waals surface area contributed by atoms with Gasteiger partial charge in [-0.05, 0) is 58.9 Å². The average Bonchev–Trinajstić information content (AvgIpc) is 3.52. The molecule has 40 heavy (non-hydrogen) atoms. The van der Waals surface area contributed by atoms with Crippen LogP contribution in [0.5, 0.6) is 0 Å². The topological polar surface area (TPSA) is 148 Å². The minimum absolute atomic E-state index is 0.103. The van der Waals surface area contributed by atoms with Crippen LogP contribution >= 0.6 is 0 Å². The number of nitrogens with zero attached hydrogens (tertiary/aromatic N) is 6. The fourth-order valence-electron chi connectivity index (χ4n) is 3.19. The first-order chi connectivity index (χ1) is 19.2. The van der Waals surface area contributed by atoms with Crippen LogP contribution in [0.15, 0.2) is 61.2 Å². The predicted octanol–water partition coefficient (Wildman–Crippen LogP) is 3.67. The maximum Gasteiger partial charge on any atom is 0.341 e. The SMILES string of the molecule is CCOC(=O)CC(C)=O.CCOC(=O)c1cnn(-c2ccccn2)c1C.Cc1c(C=O)cnn1-c1ccccn1.